The van der Waals surface area contributed by atoms with Crippen LogP contribution in [0.25, 0.3) is 0 Å². The predicted molar refractivity (Wildman–Crippen MR) is 186 cm³/mol. The van der Waals surface area contributed by atoms with Crippen molar-refractivity contribution >= 4 is 18.2 Å². The minimum atomic E-state index is -0.337. The zero-order chi connectivity index (χ0) is 35.5. The highest BCUT2D eigenvalue weighted by atomic mass is 19.1. The van der Waals surface area contributed by atoms with Gasteiger partial charge in [-0.25, -0.2) is 8.78 Å². The van der Waals surface area contributed by atoms with Gasteiger partial charge >= 0.3 is 0 Å². The van der Waals surface area contributed by atoms with Crippen molar-refractivity contribution in [2.24, 2.45) is 5.92 Å². The van der Waals surface area contributed by atoms with E-state index >= 15 is 0 Å². The molecule has 260 valence electrons. The van der Waals surface area contributed by atoms with Crippen molar-refractivity contribution in [2.45, 2.75) is 93.2 Å². The molecule has 0 spiro atoms. The summed E-state index contributed by atoms with van der Waals surface area (Å²) in [6.45, 7) is 22.6. The molecule has 0 aliphatic rings. The molecule has 0 fully saturated rings. The second-order valence-electron chi connectivity index (χ2n) is 9.73. The SMILES string of the molecule is C/C=C/CC.C/C=C\CF.C=C.CCC(C)C(C)NC[C@@H](C)Oc1cc(F)ccc1CCCNC(=O)CNC(C)=O.CNC=O. The number of carbonyl (C=O) groups is 3. The number of amides is 3. The lowest BCUT2D eigenvalue weighted by molar-refractivity contribution is -0.125. The first-order valence-corrected chi connectivity index (χ1v) is 15.6. The third-order valence-electron chi connectivity index (χ3n) is 5.94. The Bertz CT molecular complexity index is 902. The maximum Gasteiger partial charge on any atom is 0.239 e. The van der Waals surface area contributed by atoms with Gasteiger partial charge in [0.05, 0.1) is 6.54 Å². The Hall–Kier alpha value is -3.53. The molecular formula is C35H62F2N4O4. The van der Waals surface area contributed by atoms with Crippen molar-refractivity contribution in [2.75, 3.05) is 33.4 Å². The molecule has 8 nitrogen and oxygen atoms in total. The highest BCUT2D eigenvalue weighted by Crippen LogP contribution is 2.22. The Kier molecular flexibility index (Phi) is 39.4. The van der Waals surface area contributed by atoms with Crippen LogP contribution in [0.1, 0.15) is 80.2 Å². The lowest BCUT2D eigenvalue weighted by atomic mass is 10.0. The smallest absolute Gasteiger partial charge is 0.239 e. The molecule has 1 rings (SSSR count). The minimum absolute atomic E-state index is 0.0279. The van der Waals surface area contributed by atoms with Crippen LogP contribution in [0.4, 0.5) is 8.78 Å². The molecule has 3 atom stereocenters. The minimum Gasteiger partial charge on any atom is -0.489 e. The molecule has 0 bridgehead atoms. The van der Waals surface area contributed by atoms with Crippen molar-refractivity contribution in [3.63, 3.8) is 0 Å². The van der Waals surface area contributed by atoms with Gasteiger partial charge < -0.3 is 26.0 Å². The van der Waals surface area contributed by atoms with Crippen LogP contribution < -0.4 is 26.0 Å². The van der Waals surface area contributed by atoms with Crippen LogP contribution in [0.5, 0.6) is 5.75 Å². The molecule has 2 unspecified atom stereocenters. The quantitative estimate of drug-likeness (QED) is 0.0941. The van der Waals surface area contributed by atoms with E-state index in [2.05, 4.69) is 74.3 Å². The zero-order valence-corrected chi connectivity index (χ0v) is 29.3. The monoisotopic (exact) mass is 640 g/mol. The number of hydrogen-bond donors (Lipinski definition) is 4. The summed E-state index contributed by atoms with van der Waals surface area (Å²) in [7, 11) is 1.56. The van der Waals surface area contributed by atoms with Crippen LogP contribution in [-0.4, -0.2) is 63.7 Å². The Labute approximate surface area is 272 Å². The van der Waals surface area contributed by atoms with Gasteiger partial charge in [-0.15, -0.1) is 13.2 Å². The Morgan fingerprint density at radius 1 is 1.04 bits per heavy atom. The number of rotatable bonds is 16. The molecule has 45 heavy (non-hydrogen) atoms. The number of benzene rings is 1. The Balaban J connectivity index is -0.000000432. The standard InChI is InChI=1S/C22H36FN3O3.C5H10.C4H7F.C2H5NO.C2H4/c1-6-15(2)17(4)25-13-16(3)29-21-12-20(23)10-9-19(21)8-7-11-24-22(28)14-26-18(5)27;1-3-5-4-2;1-2-3-4-5;1-3-2-4;1-2/h9-10,12,15-17,25H,6-8,11,13-14H2,1-5H3,(H,24,28)(H,26,27);3,5H,4H2,1-2H3;2-3H,4H2,1H3;2H,1H3,(H,3,4);1-2H2/b;5-3+;3-2-;;/t15?,16-,17?;;;;/m1..../s1. The number of alkyl halides is 1. The predicted octanol–water partition coefficient (Wildman–Crippen LogP) is 6.47. The fraction of sp³-hybridized carbons (Fsp3) is 0.571. The first kappa shape index (κ1) is 48.4. The molecule has 0 saturated heterocycles. The normalized spacial score (nSPS) is 11.8. The third kappa shape index (κ3) is 34.8. The number of carbonyl (C=O) groups excluding carboxylic acids is 3. The van der Waals surface area contributed by atoms with Gasteiger partial charge in [-0.3, -0.25) is 14.4 Å². The highest BCUT2D eigenvalue weighted by molar-refractivity contribution is 5.83. The number of halogens is 2. The van der Waals surface area contributed by atoms with Crippen molar-refractivity contribution in [1.82, 2.24) is 21.3 Å². The molecule has 0 aliphatic carbocycles. The van der Waals surface area contributed by atoms with Crippen molar-refractivity contribution in [3.8, 4) is 5.75 Å². The van der Waals surface area contributed by atoms with Gasteiger partial charge in [-0.1, -0.05) is 57.6 Å². The maximum atomic E-state index is 13.7. The van der Waals surface area contributed by atoms with Gasteiger partial charge in [-0.05, 0) is 64.5 Å². The molecule has 0 radical (unpaired) electrons. The highest BCUT2D eigenvalue weighted by Gasteiger charge is 2.14. The van der Waals surface area contributed by atoms with E-state index in [0.29, 0.717) is 50.1 Å². The molecule has 4 N–H and O–H groups in total. The average Bonchev–Trinajstić information content (AvgIpc) is 3.03. The van der Waals surface area contributed by atoms with Crippen molar-refractivity contribution < 1.29 is 27.9 Å². The van der Waals surface area contributed by atoms with Crippen molar-refractivity contribution in [1.29, 1.82) is 0 Å². The molecular weight excluding hydrogens is 578 g/mol. The number of allylic oxidation sites excluding steroid dienone is 4. The average molecular weight is 641 g/mol. The van der Waals surface area contributed by atoms with Gasteiger partial charge in [0.2, 0.25) is 18.2 Å². The molecule has 0 saturated carbocycles. The third-order valence-corrected chi connectivity index (χ3v) is 5.94. The zero-order valence-electron chi connectivity index (χ0n) is 29.3. The first-order valence-electron chi connectivity index (χ1n) is 15.6. The van der Waals surface area contributed by atoms with Crippen LogP contribution in [0.2, 0.25) is 0 Å². The number of hydrogen-bond acceptors (Lipinski definition) is 5. The van der Waals surface area contributed by atoms with Gasteiger partial charge in [0, 0.05) is 39.2 Å². The van der Waals surface area contributed by atoms with Crippen LogP contribution in [0, 0.1) is 11.7 Å². The van der Waals surface area contributed by atoms with Crippen LogP contribution in [0.3, 0.4) is 0 Å². The molecule has 1 aromatic carbocycles. The second kappa shape index (κ2) is 36.7. The molecule has 0 aliphatic heterocycles. The summed E-state index contributed by atoms with van der Waals surface area (Å²) in [5.41, 5.74) is 0.907. The van der Waals surface area contributed by atoms with E-state index in [0.717, 1.165) is 18.4 Å². The fourth-order valence-electron chi connectivity index (χ4n) is 3.11. The van der Waals surface area contributed by atoms with E-state index in [4.69, 9.17) is 9.53 Å². The van der Waals surface area contributed by atoms with E-state index in [1.807, 2.05) is 13.8 Å². The van der Waals surface area contributed by atoms with Gasteiger partial charge in [0.25, 0.3) is 0 Å². The van der Waals surface area contributed by atoms with Gasteiger partial charge in [0.1, 0.15) is 24.3 Å². The molecule has 3 amide bonds. The van der Waals surface area contributed by atoms with E-state index < -0.39 is 0 Å². The van der Waals surface area contributed by atoms with Gasteiger partial charge in [-0.2, -0.15) is 0 Å². The number of aryl methyl sites for hydroxylation is 1. The van der Waals surface area contributed by atoms with Gasteiger partial charge in [0.15, 0.2) is 0 Å². The number of ether oxygens (including phenoxy) is 1. The summed E-state index contributed by atoms with van der Waals surface area (Å²) in [6.07, 6.45) is 11.5. The van der Waals surface area contributed by atoms with E-state index in [1.165, 1.54) is 25.1 Å². The molecule has 0 aromatic heterocycles. The van der Waals surface area contributed by atoms with Crippen molar-refractivity contribution in [3.05, 3.63) is 67.0 Å². The first-order chi connectivity index (χ1) is 21.5. The summed E-state index contributed by atoms with van der Waals surface area (Å²) >= 11 is 0. The molecule has 1 aromatic rings. The topological polar surface area (TPSA) is 109 Å². The van der Waals surface area contributed by atoms with E-state index in [1.54, 1.807) is 26.1 Å². The van der Waals surface area contributed by atoms with Crippen LogP contribution in [0.15, 0.2) is 55.7 Å². The Morgan fingerprint density at radius 2 is 1.64 bits per heavy atom. The summed E-state index contributed by atoms with van der Waals surface area (Å²) in [4.78, 5) is 31.5. The fourth-order valence-corrected chi connectivity index (χ4v) is 3.11. The summed E-state index contributed by atoms with van der Waals surface area (Å²) in [5, 5.41) is 10.9. The number of nitrogens with one attached hydrogen (secondary N) is 4. The molecule has 0 heterocycles. The summed E-state index contributed by atoms with van der Waals surface area (Å²) in [6, 6.07) is 4.95. The Morgan fingerprint density at radius 3 is 2.07 bits per heavy atom. The molecule has 10 heteroatoms. The summed E-state index contributed by atoms with van der Waals surface area (Å²) < 4.78 is 30.6. The maximum absolute atomic E-state index is 13.7. The second-order valence-corrected chi connectivity index (χ2v) is 9.73. The van der Waals surface area contributed by atoms with Crippen LogP contribution in [-0.2, 0) is 20.8 Å². The largest absolute Gasteiger partial charge is 0.489 e. The van der Waals surface area contributed by atoms with E-state index in [-0.39, 0.29) is 37.0 Å². The lowest BCUT2D eigenvalue weighted by Gasteiger charge is -2.23. The van der Waals surface area contributed by atoms with Crippen LogP contribution >= 0.6 is 0 Å². The summed E-state index contributed by atoms with van der Waals surface area (Å²) in [5.74, 6) is 0.314. The lowest BCUT2D eigenvalue weighted by Crippen LogP contribution is -2.38. The van der Waals surface area contributed by atoms with E-state index in [9.17, 15) is 18.4 Å².